The molecule has 0 fully saturated rings. The van der Waals surface area contributed by atoms with Crippen LogP contribution in [0.15, 0.2) is 130 Å². The van der Waals surface area contributed by atoms with E-state index >= 15 is 0 Å². The standard InChI is InChI=1S/C64H77N6O17P/c1-7-13-17-27-51(53(9-3)69(41-71)84-63(77)43-23-19-15-20-24-43)59(73)65-39-67-61(75)57-31-29-55(82-57)45-33-47(80-11-5)37-49(35-45)86-88(79)87-50-36-46(34-48(38-50)81-12-6)56-30-32-58(83-56)62(76)68-40-66-60(74)52(28-18-14-8-2)54(10-4)70(42-72)85-64(78)44-25-21-16-22-26-44/h15-16,19-26,29-38,41-42,51-54,88H,7-14,17-18,27-28,39-40H2,1-6H3,(H,65,73)(H,66,74)(H,67,75)(H,68,76)/t51-,52-,53-,54-/m1/s1. The number of nitrogens with zero attached hydrogens (tertiary/aromatic N) is 2. The first-order valence-electron chi connectivity index (χ1n) is 29.5. The number of hydrogen-bond acceptors (Lipinski definition) is 17. The third-order valence-electron chi connectivity index (χ3n) is 14.0. The van der Waals surface area contributed by atoms with Gasteiger partial charge < -0.3 is 58.3 Å². The third-order valence-corrected chi connectivity index (χ3v) is 14.8. The van der Waals surface area contributed by atoms with E-state index in [9.17, 15) is 42.9 Å². The molecule has 0 bridgehead atoms. The summed E-state index contributed by atoms with van der Waals surface area (Å²) >= 11 is 0. The van der Waals surface area contributed by atoms with Gasteiger partial charge in [0, 0.05) is 23.3 Å². The Balaban J connectivity index is 1.07. The average molecular weight is 1230 g/mol. The number of benzene rings is 4. The lowest BCUT2D eigenvalue weighted by Crippen LogP contribution is -2.49. The topological polar surface area (TPSA) is 290 Å². The van der Waals surface area contributed by atoms with Gasteiger partial charge in [-0.3, -0.25) is 28.8 Å². The molecular formula is C64H77N6O17P. The minimum absolute atomic E-state index is 0.0698. The number of hydrogen-bond donors (Lipinski definition) is 4. The molecule has 4 N–H and O–H groups in total. The molecule has 470 valence electrons. The molecule has 0 unspecified atom stereocenters. The third kappa shape index (κ3) is 19.8. The summed E-state index contributed by atoms with van der Waals surface area (Å²) in [6.07, 6.45) is 6.85. The number of nitrogens with one attached hydrogen (secondary N) is 4. The van der Waals surface area contributed by atoms with Gasteiger partial charge in [-0.25, -0.2) is 14.2 Å². The van der Waals surface area contributed by atoms with Gasteiger partial charge >= 0.3 is 20.2 Å². The van der Waals surface area contributed by atoms with E-state index in [0.717, 1.165) is 35.8 Å². The van der Waals surface area contributed by atoms with Crippen LogP contribution in [0.1, 0.15) is 148 Å². The second-order valence-electron chi connectivity index (χ2n) is 20.1. The first-order valence-corrected chi connectivity index (χ1v) is 30.7. The van der Waals surface area contributed by atoms with E-state index in [1.807, 2.05) is 13.8 Å². The second-order valence-corrected chi connectivity index (χ2v) is 21.0. The Morgan fingerprint density at radius 2 is 0.886 bits per heavy atom. The molecule has 6 amide bonds. The molecule has 4 atom stereocenters. The van der Waals surface area contributed by atoms with Crippen LogP contribution in [-0.2, 0) is 33.4 Å². The van der Waals surface area contributed by atoms with Gasteiger partial charge in [-0.05, 0) is 112 Å². The van der Waals surface area contributed by atoms with Gasteiger partial charge in [-0.2, -0.15) is 10.1 Å². The molecule has 23 nitrogen and oxygen atoms in total. The molecule has 88 heavy (non-hydrogen) atoms. The summed E-state index contributed by atoms with van der Waals surface area (Å²) in [4.78, 5) is 116. The maximum Gasteiger partial charge on any atom is 0.418 e. The van der Waals surface area contributed by atoms with Crippen LogP contribution in [0.2, 0.25) is 0 Å². The van der Waals surface area contributed by atoms with Gasteiger partial charge in [0.05, 0.1) is 61.6 Å². The quantitative estimate of drug-likeness (QED) is 0.00921. The van der Waals surface area contributed by atoms with Crippen LogP contribution in [0.4, 0.5) is 0 Å². The van der Waals surface area contributed by atoms with E-state index < -0.39 is 67.7 Å². The molecule has 6 rings (SSSR count). The normalized spacial score (nSPS) is 12.3. The highest BCUT2D eigenvalue weighted by Crippen LogP contribution is 2.39. The van der Waals surface area contributed by atoms with Gasteiger partial charge in [0.25, 0.3) is 11.8 Å². The average Bonchev–Trinajstić information content (AvgIpc) is 4.09. The molecule has 0 aliphatic carbocycles. The molecule has 2 aromatic heterocycles. The summed E-state index contributed by atoms with van der Waals surface area (Å²) in [5.74, 6) is -4.31. The molecule has 4 aromatic carbocycles. The maximum absolute atomic E-state index is 13.7. The van der Waals surface area contributed by atoms with Gasteiger partial charge in [0.15, 0.2) is 11.5 Å². The predicted octanol–water partition coefficient (Wildman–Crippen LogP) is 10.9. The Hall–Kier alpha value is -9.37. The number of furan rings is 2. The van der Waals surface area contributed by atoms with Crippen LogP contribution in [0, 0.1) is 11.8 Å². The first-order chi connectivity index (χ1) is 42.7. The molecule has 0 saturated carbocycles. The van der Waals surface area contributed by atoms with Crippen molar-refractivity contribution in [1.82, 2.24) is 31.4 Å². The molecule has 0 aliphatic rings. The lowest BCUT2D eigenvalue weighted by atomic mass is 9.90. The van der Waals surface area contributed by atoms with Crippen LogP contribution in [0.25, 0.3) is 22.6 Å². The zero-order valence-electron chi connectivity index (χ0n) is 50.2. The fourth-order valence-corrected chi connectivity index (χ4v) is 10.3. The molecule has 0 spiro atoms. The van der Waals surface area contributed by atoms with Crippen LogP contribution in [-0.4, -0.2) is 97.1 Å². The van der Waals surface area contributed by atoms with Crippen LogP contribution >= 0.6 is 8.25 Å². The van der Waals surface area contributed by atoms with Crippen molar-refractivity contribution in [3.8, 4) is 45.6 Å². The maximum atomic E-state index is 13.7. The van der Waals surface area contributed by atoms with Crippen molar-refractivity contribution < 1.29 is 80.0 Å². The minimum Gasteiger partial charge on any atom is -0.494 e. The van der Waals surface area contributed by atoms with Crippen LogP contribution < -0.4 is 39.8 Å². The number of carbonyl (C=O) groups is 8. The highest BCUT2D eigenvalue weighted by atomic mass is 31.1. The molecule has 0 saturated heterocycles. The van der Waals surface area contributed by atoms with E-state index in [1.54, 1.807) is 113 Å². The van der Waals surface area contributed by atoms with Crippen LogP contribution in [0.3, 0.4) is 0 Å². The highest BCUT2D eigenvalue weighted by Gasteiger charge is 2.35. The largest absolute Gasteiger partial charge is 0.494 e. The fraction of sp³-hybridized carbons (Fsp3) is 0.375. The van der Waals surface area contributed by atoms with Gasteiger partial charge in [-0.15, -0.1) is 0 Å². The number of unbranched alkanes of at least 4 members (excludes halogenated alkanes) is 4. The van der Waals surface area contributed by atoms with Gasteiger partial charge in [0.1, 0.15) is 34.5 Å². The zero-order chi connectivity index (χ0) is 63.4. The summed E-state index contributed by atoms with van der Waals surface area (Å²) in [5.41, 5.74) is 1.25. The predicted molar refractivity (Wildman–Crippen MR) is 325 cm³/mol. The fourth-order valence-electron chi connectivity index (χ4n) is 9.64. The Labute approximate surface area is 511 Å². The van der Waals surface area contributed by atoms with Crippen molar-refractivity contribution in [3.63, 3.8) is 0 Å². The number of amides is 6. The number of hydroxylamine groups is 4. The Morgan fingerprint density at radius 3 is 1.24 bits per heavy atom. The first kappa shape index (κ1) is 67.8. The summed E-state index contributed by atoms with van der Waals surface area (Å²) in [6.45, 7) is 11.1. The van der Waals surface area contributed by atoms with Crippen LogP contribution in [0.5, 0.6) is 23.0 Å². The van der Waals surface area contributed by atoms with E-state index in [-0.39, 0.29) is 85.1 Å². The van der Waals surface area contributed by atoms with Gasteiger partial charge in [-0.1, -0.05) is 103 Å². The second kappa shape index (κ2) is 35.3. The summed E-state index contributed by atoms with van der Waals surface area (Å²) < 4.78 is 48.8. The number of carbonyl (C=O) groups excluding carboxylic acids is 8. The summed E-state index contributed by atoms with van der Waals surface area (Å²) in [7, 11) is -3.39. The lowest BCUT2D eigenvalue weighted by molar-refractivity contribution is -0.171. The number of rotatable bonds is 38. The molecule has 0 radical (unpaired) electrons. The molecule has 24 heteroatoms. The van der Waals surface area contributed by atoms with E-state index in [0.29, 0.717) is 61.1 Å². The smallest absolute Gasteiger partial charge is 0.418 e. The minimum atomic E-state index is -3.39. The Kier molecular flexibility index (Phi) is 27.2. The number of ether oxygens (including phenoxy) is 2. The van der Waals surface area contributed by atoms with E-state index in [1.165, 1.54) is 36.4 Å². The molecule has 6 aromatic rings. The van der Waals surface area contributed by atoms with Crippen molar-refractivity contribution in [1.29, 1.82) is 0 Å². The van der Waals surface area contributed by atoms with Gasteiger partial charge in [0.2, 0.25) is 24.6 Å². The van der Waals surface area contributed by atoms with E-state index in [4.69, 9.17) is 37.0 Å². The molecular weight excluding hydrogens is 1160 g/mol. The monoisotopic (exact) mass is 1230 g/mol. The Morgan fingerprint density at radius 1 is 0.500 bits per heavy atom. The Bertz CT molecular complexity index is 3070. The lowest BCUT2D eigenvalue weighted by Gasteiger charge is -2.31. The van der Waals surface area contributed by atoms with Crippen molar-refractivity contribution >= 4 is 56.6 Å². The molecule has 2 heterocycles. The van der Waals surface area contributed by atoms with E-state index in [2.05, 4.69) is 21.3 Å². The summed E-state index contributed by atoms with van der Waals surface area (Å²) in [5, 5.41) is 12.5. The van der Waals surface area contributed by atoms with Crippen molar-refractivity contribution in [2.24, 2.45) is 11.8 Å². The van der Waals surface area contributed by atoms with Crippen molar-refractivity contribution in [2.75, 3.05) is 26.6 Å². The SMILES string of the molecule is CCCCC[C@@H](C(=O)NCNC(=O)c1ccc(-c2cc(OCC)cc(O[PH](=O)Oc3cc(OCC)cc(-c4ccc(C(=O)NCNC(=O)[C@H](CCCCC)[C@@H](CC)N(C=O)OC(=O)c5ccccc5)o4)c3)c2)o1)[C@@H](CC)N(C=O)OC(=O)c1ccccc1. The molecule has 0 aliphatic heterocycles. The highest BCUT2D eigenvalue weighted by molar-refractivity contribution is 7.34. The van der Waals surface area contributed by atoms with Crippen molar-refractivity contribution in [2.45, 2.75) is 118 Å². The zero-order valence-corrected chi connectivity index (χ0v) is 51.2. The summed E-state index contributed by atoms with van der Waals surface area (Å²) in [6, 6.07) is 30.0. The van der Waals surface area contributed by atoms with Crippen molar-refractivity contribution in [3.05, 3.63) is 144 Å².